The van der Waals surface area contributed by atoms with Crippen LogP contribution in [0.2, 0.25) is 0 Å². The van der Waals surface area contributed by atoms with Gasteiger partial charge in [0.2, 0.25) is 0 Å². The Hall–Kier alpha value is -1.08. The summed E-state index contributed by atoms with van der Waals surface area (Å²) < 4.78 is 0. The van der Waals surface area contributed by atoms with E-state index in [1.54, 1.807) is 5.57 Å². The molecule has 0 radical (unpaired) electrons. The number of benzene rings is 1. The topological polar surface area (TPSA) is 12.0 Å². The van der Waals surface area contributed by atoms with E-state index in [9.17, 15) is 0 Å². The third kappa shape index (κ3) is 4.50. The highest BCUT2D eigenvalue weighted by molar-refractivity contribution is 5.22. The Bertz CT molecular complexity index is 411. The summed E-state index contributed by atoms with van der Waals surface area (Å²) in [4.78, 5) is 0. The summed E-state index contributed by atoms with van der Waals surface area (Å²) in [5.74, 6) is 0. The molecule has 0 fully saturated rings. The van der Waals surface area contributed by atoms with Crippen LogP contribution in [0.1, 0.15) is 45.6 Å². The lowest BCUT2D eigenvalue weighted by molar-refractivity contribution is 0.253. The Morgan fingerprint density at radius 2 is 1.89 bits per heavy atom. The monoisotopic (exact) mass is 257 g/mol. The highest BCUT2D eigenvalue weighted by atomic mass is 14.9. The normalized spacial score (nSPS) is 24.2. The third-order valence-corrected chi connectivity index (χ3v) is 4.04. The van der Waals surface area contributed by atoms with Crippen LogP contribution in [-0.4, -0.2) is 12.6 Å². The molecule has 0 aliphatic carbocycles. The Morgan fingerprint density at radius 1 is 1.16 bits per heavy atom. The quantitative estimate of drug-likeness (QED) is 0.777. The number of allylic oxidation sites excluding steroid dienone is 1. The number of hydrogen-bond acceptors (Lipinski definition) is 1. The van der Waals surface area contributed by atoms with Crippen LogP contribution in [0.15, 0.2) is 42.0 Å². The van der Waals surface area contributed by atoms with Crippen molar-refractivity contribution in [2.75, 3.05) is 6.54 Å². The van der Waals surface area contributed by atoms with E-state index in [1.807, 2.05) is 0 Å². The lowest BCUT2D eigenvalue weighted by Crippen LogP contribution is -2.41. The highest BCUT2D eigenvalue weighted by Crippen LogP contribution is 2.26. The van der Waals surface area contributed by atoms with E-state index in [-0.39, 0.29) is 0 Å². The van der Waals surface area contributed by atoms with Crippen molar-refractivity contribution < 1.29 is 0 Å². The largest absolute Gasteiger partial charge is 0.313 e. The molecule has 1 heteroatoms. The van der Waals surface area contributed by atoms with Crippen LogP contribution in [0.3, 0.4) is 0 Å². The predicted octanol–water partition coefficient (Wildman–Crippen LogP) is 4.34. The van der Waals surface area contributed by atoms with Crippen molar-refractivity contribution in [3.63, 3.8) is 0 Å². The fourth-order valence-corrected chi connectivity index (χ4v) is 2.83. The van der Waals surface area contributed by atoms with Gasteiger partial charge in [0, 0.05) is 6.04 Å². The van der Waals surface area contributed by atoms with Crippen molar-refractivity contribution in [1.82, 2.24) is 5.32 Å². The summed E-state index contributed by atoms with van der Waals surface area (Å²) in [6.07, 6.45) is 7.21. The molecule has 0 spiro atoms. The van der Waals surface area contributed by atoms with Crippen LogP contribution in [0, 0.1) is 5.41 Å². The molecule has 0 unspecified atom stereocenters. The molecule has 1 atom stereocenters. The summed E-state index contributed by atoms with van der Waals surface area (Å²) in [5, 5.41) is 3.70. The second-order valence-corrected chi connectivity index (χ2v) is 6.72. The van der Waals surface area contributed by atoms with Gasteiger partial charge in [-0.05, 0) is 43.2 Å². The number of hydrogen-bond donors (Lipinski definition) is 1. The molecule has 1 aliphatic heterocycles. The molecular weight excluding hydrogens is 230 g/mol. The maximum Gasteiger partial charge on any atom is 0.0119 e. The molecular formula is C18H27N. The summed E-state index contributed by atoms with van der Waals surface area (Å²) in [6, 6.07) is 11.5. The molecule has 1 aliphatic rings. The zero-order valence-corrected chi connectivity index (χ0v) is 12.6. The van der Waals surface area contributed by atoms with Crippen molar-refractivity contribution in [2.45, 2.75) is 52.5 Å². The average Bonchev–Trinajstić information content (AvgIpc) is 2.32. The lowest BCUT2D eigenvalue weighted by Gasteiger charge is -2.33. The van der Waals surface area contributed by atoms with Gasteiger partial charge in [-0.1, -0.05) is 62.8 Å². The van der Waals surface area contributed by atoms with Crippen molar-refractivity contribution in [3.05, 3.63) is 47.5 Å². The molecule has 1 N–H and O–H groups in total. The summed E-state index contributed by atoms with van der Waals surface area (Å²) in [7, 11) is 0. The van der Waals surface area contributed by atoms with Crippen LogP contribution < -0.4 is 5.32 Å². The van der Waals surface area contributed by atoms with E-state index >= 15 is 0 Å². The van der Waals surface area contributed by atoms with Crippen LogP contribution in [0.5, 0.6) is 0 Å². The summed E-state index contributed by atoms with van der Waals surface area (Å²) in [6.45, 7) is 8.13. The second kappa shape index (κ2) is 6.38. The van der Waals surface area contributed by atoms with Gasteiger partial charge >= 0.3 is 0 Å². The van der Waals surface area contributed by atoms with Crippen molar-refractivity contribution >= 4 is 0 Å². The van der Waals surface area contributed by atoms with Gasteiger partial charge in [0.1, 0.15) is 0 Å². The standard InChI is InChI=1S/C18H27N/c1-18(2,3)17-12-11-16(10-7-13-19-17)14-15-8-5-4-6-9-15/h4-6,8-10,17,19H,7,11-14H2,1-3H3/b16-10-/t17-/m1/s1. The molecule has 0 saturated heterocycles. The number of rotatable bonds is 2. The zero-order chi connectivity index (χ0) is 13.7. The van der Waals surface area contributed by atoms with Gasteiger partial charge in [0.25, 0.3) is 0 Å². The molecule has 104 valence electrons. The zero-order valence-electron chi connectivity index (χ0n) is 12.6. The first kappa shape index (κ1) is 14.3. The first-order valence-corrected chi connectivity index (χ1v) is 7.51. The minimum Gasteiger partial charge on any atom is -0.313 e. The van der Waals surface area contributed by atoms with Crippen molar-refractivity contribution in [2.24, 2.45) is 5.41 Å². The smallest absolute Gasteiger partial charge is 0.0119 e. The van der Waals surface area contributed by atoms with E-state index in [4.69, 9.17) is 0 Å². The summed E-state index contributed by atoms with van der Waals surface area (Å²) in [5.41, 5.74) is 3.41. The molecule has 0 amide bonds. The maximum atomic E-state index is 3.70. The third-order valence-electron chi connectivity index (χ3n) is 4.04. The second-order valence-electron chi connectivity index (χ2n) is 6.72. The molecule has 0 saturated carbocycles. The molecule has 1 aromatic carbocycles. The van der Waals surface area contributed by atoms with Crippen LogP contribution in [0.4, 0.5) is 0 Å². The van der Waals surface area contributed by atoms with E-state index in [2.05, 4.69) is 62.5 Å². The highest BCUT2D eigenvalue weighted by Gasteiger charge is 2.24. The Kier molecular flexibility index (Phi) is 4.81. The predicted molar refractivity (Wildman–Crippen MR) is 83.3 cm³/mol. The molecule has 0 bridgehead atoms. The summed E-state index contributed by atoms with van der Waals surface area (Å²) >= 11 is 0. The van der Waals surface area contributed by atoms with Gasteiger partial charge in [0.15, 0.2) is 0 Å². The van der Waals surface area contributed by atoms with Crippen LogP contribution in [0.25, 0.3) is 0 Å². The van der Waals surface area contributed by atoms with Crippen LogP contribution >= 0.6 is 0 Å². The molecule has 0 aromatic heterocycles. The van der Waals surface area contributed by atoms with Crippen molar-refractivity contribution in [3.8, 4) is 0 Å². The molecule has 2 rings (SSSR count). The molecule has 19 heavy (non-hydrogen) atoms. The van der Waals surface area contributed by atoms with E-state index in [1.165, 1.54) is 18.4 Å². The first-order chi connectivity index (χ1) is 9.05. The van der Waals surface area contributed by atoms with Gasteiger partial charge in [-0.3, -0.25) is 0 Å². The van der Waals surface area contributed by atoms with Crippen molar-refractivity contribution in [1.29, 1.82) is 0 Å². The number of nitrogens with one attached hydrogen (secondary N) is 1. The first-order valence-electron chi connectivity index (χ1n) is 7.51. The lowest BCUT2D eigenvalue weighted by atomic mass is 9.82. The van der Waals surface area contributed by atoms with Gasteiger partial charge < -0.3 is 5.32 Å². The molecule has 1 nitrogen and oxygen atoms in total. The molecule has 1 heterocycles. The Morgan fingerprint density at radius 3 is 2.58 bits per heavy atom. The molecule has 1 aromatic rings. The van der Waals surface area contributed by atoms with Gasteiger partial charge in [-0.15, -0.1) is 0 Å². The fraction of sp³-hybridized carbons (Fsp3) is 0.556. The van der Waals surface area contributed by atoms with E-state index in [0.29, 0.717) is 11.5 Å². The minimum atomic E-state index is 0.356. The SMILES string of the molecule is CC(C)(C)[C@H]1CC/C(Cc2ccccc2)=C/CCN1. The van der Waals surface area contributed by atoms with Crippen LogP contribution in [-0.2, 0) is 6.42 Å². The van der Waals surface area contributed by atoms with Gasteiger partial charge in [-0.2, -0.15) is 0 Å². The Labute approximate surface area is 118 Å². The van der Waals surface area contributed by atoms with E-state index in [0.717, 1.165) is 19.4 Å². The van der Waals surface area contributed by atoms with E-state index < -0.39 is 0 Å². The van der Waals surface area contributed by atoms with Gasteiger partial charge in [-0.25, -0.2) is 0 Å². The average molecular weight is 257 g/mol. The maximum absolute atomic E-state index is 3.70. The minimum absolute atomic E-state index is 0.356. The Balaban J connectivity index is 1.99. The fourth-order valence-electron chi connectivity index (χ4n) is 2.83. The van der Waals surface area contributed by atoms with Gasteiger partial charge in [0.05, 0.1) is 0 Å².